The Morgan fingerprint density at radius 3 is 2.54 bits per heavy atom. The molecule has 1 amide bonds. The Morgan fingerprint density at radius 1 is 1.25 bits per heavy atom. The van der Waals surface area contributed by atoms with Gasteiger partial charge in [-0.2, -0.15) is 0 Å². The minimum Gasteiger partial charge on any atom is -0.346 e. The van der Waals surface area contributed by atoms with Crippen molar-refractivity contribution in [1.82, 2.24) is 9.47 Å². The third-order valence-corrected chi connectivity index (χ3v) is 5.70. The molecule has 1 heterocycles. The zero-order valence-corrected chi connectivity index (χ0v) is 18.4. The van der Waals surface area contributed by atoms with E-state index in [4.69, 9.17) is 5.73 Å². The summed E-state index contributed by atoms with van der Waals surface area (Å²) in [6.45, 7) is 8.29. The number of likely N-dealkylation sites (N-methyl/N-ethyl adjacent to an activating group) is 1. The highest BCUT2D eigenvalue weighted by Crippen LogP contribution is 2.21. The zero-order chi connectivity index (χ0) is 20.0. The molecule has 0 bridgehead atoms. The number of hydrogen-bond acceptors (Lipinski definition) is 5. The molecule has 0 aliphatic rings. The number of nitrogens with one attached hydrogen (secondary N) is 1. The van der Waals surface area contributed by atoms with Crippen LogP contribution in [0.3, 0.4) is 0 Å². The van der Waals surface area contributed by atoms with Crippen LogP contribution in [0.1, 0.15) is 20.3 Å². The Labute approximate surface area is 173 Å². The van der Waals surface area contributed by atoms with Crippen molar-refractivity contribution in [2.45, 2.75) is 32.9 Å². The number of carbonyl (C=O) groups excluding carboxylic acids is 1. The van der Waals surface area contributed by atoms with Crippen molar-refractivity contribution >= 4 is 44.7 Å². The lowest BCUT2D eigenvalue weighted by Gasteiger charge is -2.18. The molecule has 2 rings (SSSR count). The number of amides is 1. The van der Waals surface area contributed by atoms with E-state index < -0.39 is 15.9 Å². The van der Waals surface area contributed by atoms with Gasteiger partial charge in [-0.15, -0.1) is 12.4 Å². The third-order valence-electron chi connectivity index (χ3n) is 4.73. The first-order valence-electron chi connectivity index (χ1n) is 9.29. The maximum atomic E-state index is 12.2. The molecule has 0 radical (unpaired) electrons. The van der Waals surface area contributed by atoms with Crippen LogP contribution in [-0.2, 0) is 21.2 Å². The fourth-order valence-corrected chi connectivity index (χ4v) is 3.65. The first-order chi connectivity index (χ1) is 12.7. The molecule has 0 spiro atoms. The van der Waals surface area contributed by atoms with Gasteiger partial charge >= 0.3 is 0 Å². The summed E-state index contributed by atoms with van der Waals surface area (Å²) in [6, 6.07) is 6.91. The molecule has 0 saturated carbocycles. The van der Waals surface area contributed by atoms with Gasteiger partial charge < -0.3 is 20.5 Å². The van der Waals surface area contributed by atoms with Crippen LogP contribution in [0.5, 0.6) is 0 Å². The van der Waals surface area contributed by atoms with Crippen LogP contribution >= 0.6 is 12.4 Å². The van der Waals surface area contributed by atoms with Crippen molar-refractivity contribution in [3.05, 3.63) is 30.5 Å². The Hall–Kier alpha value is -1.61. The van der Waals surface area contributed by atoms with Gasteiger partial charge in [0.15, 0.2) is 0 Å². The summed E-state index contributed by atoms with van der Waals surface area (Å²) in [6.07, 6.45) is 3.29. The van der Waals surface area contributed by atoms with E-state index in [1.165, 1.54) is 0 Å². The summed E-state index contributed by atoms with van der Waals surface area (Å²) in [5.74, 6) is -0.477. The first-order valence-corrected chi connectivity index (χ1v) is 11.3. The number of anilines is 1. The van der Waals surface area contributed by atoms with Crippen LogP contribution in [-0.4, -0.2) is 61.5 Å². The minimum atomic E-state index is -3.13. The SMILES string of the molecule is CCN(CC)CCn1ccc2cc(NC(=O)C(N)CCS(C)(=O)=O)ccc21.Cl. The molecule has 1 aromatic heterocycles. The second kappa shape index (κ2) is 10.8. The molecular weight excluding hydrogens is 400 g/mol. The number of carbonyl (C=O) groups is 1. The van der Waals surface area contributed by atoms with Gasteiger partial charge in [-0.1, -0.05) is 13.8 Å². The largest absolute Gasteiger partial charge is 0.346 e. The fourth-order valence-electron chi connectivity index (χ4n) is 2.97. The Kier molecular flexibility index (Phi) is 9.43. The van der Waals surface area contributed by atoms with Crippen molar-refractivity contribution in [3.8, 4) is 0 Å². The summed E-state index contributed by atoms with van der Waals surface area (Å²) in [4.78, 5) is 14.5. The predicted molar refractivity (Wildman–Crippen MR) is 118 cm³/mol. The number of halogens is 1. The average molecular weight is 431 g/mol. The van der Waals surface area contributed by atoms with Gasteiger partial charge in [0.05, 0.1) is 11.8 Å². The standard InChI is InChI=1S/C19H30N4O3S.ClH/c1-4-22(5-2)11-12-23-10-8-15-14-16(6-7-18(15)23)21-19(24)17(20)9-13-27(3,25)26;/h6-8,10,14,17H,4-5,9,11-13,20H2,1-3H3,(H,21,24);1H. The molecule has 158 valence electrons. The maximum Gasteiger partial charge on any atom is 0.241 e. The Morgan fingerprint density at radius 2 is 1.93 bits per heavy atom. The minimum absolute atomic E-state index is 0. The van der Waals surface area contributed by atoms with E-state index >= 15 is 0 Å². The van der Waals surface area contributed by atoms with E-state index in [0.717, 1.165) is 43.3 Å². The quantitative estimate of drug-likeness (QED) is 0.601. The van der Waals surface area contributed by atoms with Crippen LogP contribution in [0, 0.1) is 0 Å². The Balaban J connectivity index is 0.00000392. The van der Waals surface area contributed by atoms with E-state index in [-0.39, 0.29) is 30.5 Å². The van der Waals surface area contributed by atoms with Crippen LogP contribution in [0.2, 0.25) is 0 Å². The molecule has 1 aromatic carbocycles. The number of aromatic nitrogens is 1. The molecule has 0 saturated heterocycles. The predicted octanol–water partition coefficient (Wildman–Crippen LogP) is 2.11. The molecule has 1 unspecified atom stereocenters. The molecule has 0 fully saturated rings. The lowest BCUT2D eigenvalue weighted by atomic mass is 10.2. The molecule has 28 heavy (non-hydrogen) atoms. The van der Waals surface area contributed by atoms with Crippen LogP contribution in [0.15, 0.2) is 30.5 Å². The highest BCUT2D eigenvalue weighted by Gasteiger charge is 2.16. The molecule has 0 aliphatic heterocycles. The number of nitrogens with two attached hydrogens (primary N) is 1. The highest BCUT2D eigenvalue weighted by molar-refractivity contribution is 7.90. The zero-order valence-electron chi connectivity index (χ0n) is 16.7. The summed E-state index contributed by atoms with van der Waals surface area (Å²) in [5, 5.41) is 3.81. The fraction of sp³-hybridized carbons (Fsp3) is 0.526. The molecule has 7 nitrogen and oxygen atoms in total. The van der Waals surface area contributed by atoms with Gasteiger partial charge in [0, 0.05) is 42.1 Å². The first kappa shape index (κ1) is 24.4. The maximum absolute atomic E-state index is 12.2. The number of hydrogen-bond donors (Lipinski definition) is 2. The lowest BCUT2D eigenvalue weighted by Crippen LogP contribution is -2.37. The normalized spacial score (nSPS) is 12.8. The summed E-state index contributed by atoms with van der Waals surface area (Å²) >= 11 is 0. The van der Waals surface area contributed by atoms with Crippen molar-refractivity contribution < 1.29 is 13.2 Å². The molecular formula is C19H31ClN4O3S. The number of fused-ring (bicyclic) bond motifs is 1. The van der Waals surface area contributed by atoms with E-state index in [0.29, 0.717) is 5.69 Å². The molecule has 1 atom stereocenters. The molecule has 3 N–H and O–H groups in total. The summed E-state index contributed by atoms with van der Waals surface area (Å²) in [5.41, 5.74) is 7.57. The summed E-state index contributed by atoms with van der Waals surface area (Å²) < 4.78 is 24.6. The van der Waals surface area contributed by atoms with Crippen LogP contribution in [0.25, 0.3) is 10.9 Å². The smallest absolute Gasteiger partial charge is 0.241 e. The van der Waals surface area contributed by atoms with Gasteiger partial charge in [-0.25, -0.2) is 8.42 Å². The van der Waals surface area contributed by atoms with Crippen LogP contribution in [0.4, 0.5) is 5.69 Å². The number of benzene rings is 1. The monoisotopic (exact) mass is 430 g/mol. The van der Waals surface area contributed by atoms with Gasteiger partial charge in [0.25, 0.3) is 0 Å². The highest BCUT2D eigenvalue weighted by atomic mass is 35.5. The second-order valence-corrected chi connectivity index (χ2v) is 9.08. The topological polar surface area (TPSA) is 97.4 Å². The second-order valence-electron chi connectivity index (χ2n) is 6.82. The van der Waals surface area contributed by atoms with Crippen molar-refractivity contribution in [3.63, 3.8) is 0 Å². The van der Waals surface area contributed by atoms with E-state index in [1.807, 2.05) is 24.3 Å². The van der Waals surface area contributed by atoms with Gasteiger partial charge in [0.1, 0.15) is 9.84 Å². The van der Waals surface area contributed by atoms with Gasteiger partial charge in [-0.3, -0.25) is 4.79 Å². The van der Waals surface area contributed by atoms with Crippen molar-refractivity contribution in [1.29, 1.82) is 0 Å². The average Bonchev–Trinajstić information content (AvgIpc) is 3.02. The van der Waals surface area contributed by atoms with Crippen LogP contribution < -0.4 is 11.1 Å². The third kappa shape index (κ3) is 7.09. The van der Waals surface area contributed by atoms with Gasteiger partial charge in [0.2, 0.25) is 5.91 Å². The molecule has 0 aliphatic carbocycles. The van der Waals surface area contributed by atoms with Gasteiger partial charge in [-0.05, 0) is 43.8 Å². The molecule has 9 heteroatoms. The van der Waals surface area contributed by atoms with Crippen molar-refractivity contribution in [2.75, 3.05) is 37.0 Å². The molecule has 2 aromatic rings. The number of sulfone groups is 1. The summed E-state index contributed by atoms with van der Waals surface area (Å²) in [7, 11) is -3.13. The lowest BCUT2D eigenvalue weighted by molar-refractivity contribution is -0.117. The number of nitrogens with zero attached hydrogens (tertiary/aromatic N) is 2. The van der Waals surface area contributed by atoms with E-state index in [1.54, 1.807) is 0 Å². The van der Waals surface area contributed by atoms with Crippen molar-refractivity contribution in [2.24, 2.45) is 5.73 Å². The van der Waals surface area contributed by atoms with E-state index in [2.05, 4.69) is 34.8 Å². The Bertz CT molecular complexity index is 878. The number of rotatable bonds is 10. The van der Waals surface area contributed by atoms with E-state index in [9.17, 15) is 13.2 Å².